The van der Waals surface area contributed by atoms with E-state index in [-0.39, 0.29) is 6.04 Å². The van der Waals surface area contributed by atoms with Gasteiger partial charge in [-0.3, -0.25) is 4.90 Å². The molecule has 212 valence electrons. The third-order valence-corrected chi connectivity index (χ3v) is 10.6. The maximum atomic E-state index is 6.36. The highest BCUT2D eigenvalue weighted by atomic mass is 15.2. The number of likely N-dealkylation sites (tertiary alicyclic amines) is 2. The standard InChI is InChI=1S/C35H52N4/c1-26(39-20-16-29(17-21-39)31-13-14-33-32(23-31)6-5-7-34(33)36)22-28-10-15-35(37-24-28)30-11-8-27(9-12-30)25-38-18-3-2-4-19-38/h8-9,11-14,23,26,28-29,34-35,37H,2-7,10,15-22,24-25,36H2,1H3/t26?,28?,34-,35?/m1/s1. The molecule has 3 fully saturated rings. The van der Waals surface area contributed by atoms with Crippen LogP contribution in [-0.2, 0) is 13.0 Å². The first kappa shape index (κ1) is 27.4. The molecule has 2 aromatic rings. The topological polar surface area (TPSA) is 44.5 Å². The molecule has 4 atom stereocenters. The predicted octanol–water partition coefficient (Wildman–Crippen LogP) is 6.71. The number of nitrogens with two attached hydrogens (primary N) is 1. The SMILES string of the molecule is CC(CC1CCC(c2ccc(CN3CCCCC3)cc2)NC1)N1CCC(c2ccc3c(c2)CCC[C@H]3N)CC1. The van der Waals surface area contributed by atoms with E-state index in [1.54, 1.807) is 5.56 Å². The first-order valence-corrected chi connectivity index (χ1v) is 16.3. The predicted molar refractivity (Wildman–Crippen MR) is 163 cm³/mol. The summed E-state index contributed by atoms with van der Waals surface area (Å²) in [5, 5.41) is 3.91. The van der Waals surface area contributed by atoms with Gasteiger partial charge in [-0.25, -0.2) is 0 Å². The van der Waals surface area contributed by atoms with Crippen molar-refractivity contribution in [1.29, 1.82) is 0 Å². The summed E-state index contributed by atoms with van der Waals surface area (Å²) in [5.41, 5.74) is 13.8. The third kappa shape index (κ3) is 6.78. The molecule has 0 radical (unpaired) electrons. The lowest BCUT2D eigenvalue weighted by Crippen LogP contribution is -2.42. The van der Waals surface area contributed by atoms with Gasteiger partial charge in [0.1, 0.15) is 0 Å². The first-order valence-electron chi connectivity index (χ1n) is 16.3. The summed E-state index contributed by atoms with van der Waals surface area (Å²) >= 11 is 0. The Labute approximate surface area is 237 Å². The highest BCUT2D eigenvalue weighted by Gasteiger charge is 2.28. The van der Waals surface area contributed by atoms with Crippen LogP contribution < -0.4 is 11.1 Å². The van der Waals surface area contributed by atoms with Gasteiger partial charge in [-0.15, -0.1) is 0 Å². The molecule has 0 saturated carbocycles. The Balaban J connectivity index is 0.934. The fourth-order valence-electron chi connectivity index (χ4n) is 8.06. The monoisotopic (exact) mass is 528 g/mol. The van der Waals surface area contributed by atoms with Crippen molar-refractivity contribution in [2.75, 3.05) is 32.7 Å². The van der Waals surface area contributed by atoms with Crippen molar-refractivity contribution >= 4 is 0 Å². The third-order valence-electron chi connectivity index (χ3n) is 10.6. The average Bonchev–Trinajstić information content (AvgIpc) is 2.99. The lowest BCUT2D eigenvalue weighted by Gasteiger charge is -2.39. The van der Waals surface area contributed by atoms with Gasteiger partial charge in [0.05, 0.1) is 0 Å². The molecule has 0 bridgehead atoms. The van der Waals surface area contributed by atoms with Crippen LogP contribution in [0, 0.1) is 5.92 Å². The molecule has 4 nitrogen and oxygen atoms in total. The van der Waals surface area contributed by atoms with Crippen molar-refractivity contribution in [2.24, 2.45) is 11.7 Å². The summed E-state index contributed by atoms with van der Waals surface area (Å²) in [7, 11) is 0. The minimum Gasteiger partial charge on any atom is -0.324 e. The number of benzene rings is 2. The van der Waals surface area contributed by atoms with Gasteiger partial charge in [0.2, 0.25) is 0 Å². The van der Waals surface area contributed by atoms with E-state index in [1.165, 1.54) is 113 Å². The summed E-state index contributed by atoms with van der Waals surface area (Å²) in [6.45, 7) is 9.80. The van der Waals surface area contributed by atoms with E-state index < -0.39 is 0 Å². The Hall–Kier alpha value is -1.72. The summed E-state index contributed by atoms with van der Waals surface area (Å²) in [4.78, 5) is 5.40. The van der Waals surface area contributed by atoms with Gasteiger partial charge < -0.3 is 16.0 Å². The zero-order valence-corrected chi connectivity index (χ0v) is 24.4. The maximum Gasteiger partial charge on any atom is 0.0320 e. The summed E-state index contributed by atoms with van der Waals surface area (Å²) in [5.74, 6) is 1.53. The number of fused-ring (bicyclic) bond motifs is 1. The summed E-state index contributed by atoms with van der Waals surface area (Å²) < 4.78 is 0. The number of hydrogen-bond donors (Lipinski definition) is 2. The molecule has 4 aliphatic rings. The van der Waals surface area contributed by atoms with Crippen LogP contribution in [0.3, 0.4) is 0 Å². The molecule has 39 heavy (non-hydrogen) atoms. The van der Waals surface area contributed by atoms with Crippen LogP contribution in [0.4, 0.5) is 0 Å². The quantitative estimate of drug-likeness (QED) is 0.419. The number of aryl methyl sites for hydroxylation is 1. The molecule has 1 aliphatic carbocycles. The molecule has 4 heteroatoms. The molecule has 3 heterocycles. The highest BCUT2D eigenvalue weighted by Crippen LogP contribution is 2.35. The van der Waals surface area contributed by atoms with E-state index in [0.717, 1.165) is 31.3 Å². The van der Waals surface area contributed by atoms with Gasteiger partial charge in [0.15, 0.2) is 0 Å². The Morgan fingerprint density at radius 1 is 0.846 bits per heavy atom. The van der Waals surface area contributed by atoms with Crippen molar-refractivity contribution < 1.29 is 0 Å². The molecule has 3 N–H and O–H groups in total. The Morgan fingerprint density at radius 3 is 2.36 bits per heavy atom. The number of nitrogens with one attached hydrogen (secondary N) is 1. The van der Waals surface area contributed by atoms with Gasteiger partial charge >= 0.3 is 0 Å². The van der Waals surface area contributed by atoms with Gasteiger partial charge in [0.25, 0.3) is 0 Å². The summed E-state index contributed by atoms with van der Waals surface area (Å²) in [6, 6.07) is 18.2. The van der Waals surface area contributed by atoms with E-state index >= 15 is 0 Å². The second kappa shape index (κ2) is 12.9. The lowest BCUT2D eigenvalue weighted by molar-refractivity contribution is 0.132. The maximum absolute atomic E-state index is 6.36. The lowest BCUT2D eigenvalue weighted by atomic mass is 9.82. The second-order valence-electron chi connectivity index (χ2n) is 13.3. The summed E-state index contributed by atoms with van der Waals surface area (Å²) in [6.07, 6.45) is 14.3. The van der Waals surface area contributed by atoms with Crippen molar-refractivity contribution in [2.45, 2.75) is 108 Å². The second-order valence-corrected chi connectivity index (χ2v) is 13.3. The fraction of sp³-hybridized carbons (Fsp3) is 0.657. The van der Waals surface area contributed by atoms with Crippen LogP contribution in [0.25, 0.3) is 0 Å². The van der Waals surface area contributed by atoms with Crippen molar-refractivity contribution in [3.05, 3.63) is 70.3 Å². The molecular weight excluding hydrogens is 476 g/mol. The van der Waals surface area contributed by atoms with Crippen LogP contribution in [0.1, 0.15) is 117 Å². The van der Waals surface area contributed by atoms with E-state index in [2.05, 4.69) is 64.5 Å². The van der Waals surface area contributed by atoms with Gasteiger partial charge in [0, 0.05) is 24.7 Å². The molecule has 3 unspecified atom stereocenters. The van der Waals surface area contributed by atoms with E-state index in [1.807, 2.05) is 0 Å². The van der Waals surface area contributed by atoms with Gasteiger partial charge in [-0.05, 0) is 144 Å². The van der Waals surface area contributed by atoms with E-state index in [0.29, 0.717) is 12.1 Å². The number of rotatable bonds is 7. The van der Waals surface area contributed by atoms with Crippen molar-refractivity contribution in [1.82, 2.24) is 15.1 Å². The number of nitrogens with zero attached hydrogens (tertiary/aromatic N) is 2. The van der Waals surface area contributed by atoms with Crippen molar-refractivity contribution in [3.63, 3.8) is 0 Å². The van der Waals surface area contributed by atoms with Crippen molar-refractivity contribution in [3.8, 4) is 0 Å². The van der Waals surface area contributed by atoms with Crippen LogP contribution in [0.15, 0.2) is 42.5 Å². The highest BCUT2D eigenvalue weighted by molar-refractivity contribution is 5.37. The number of hydrogen-bond acceptors (Lipinski definition) is 4. The molecule has 3 aliphatic heterocycles. The zero-order chi connectivity index (χ0) is 26.6. The van der Waals surface area contributed by atoms with Crippen LogP contribution >= 0.6 is 0 Å². The minimum atomic E-state index is 0.255. The smallest absolute Gasteiger partial charge is 0.0320 e. The average molecular weight is 529 g/mol. The minimum absolute atomic E-state index is 0.255. The molecule has 2 aromatic carbocycles. The molecule has 0 amide bonds. The first-order chi connectivity index (χ1) is 19.1. The van der Waals surface area contributed by atoms with Gasteiger partial charge in [-0.1, -0.05) is 48.9 Å². The largest absolute Gasteiger partial charge is 0.324 e. The van der Waals surface area contributed by atoms with Gasteiger partial charge in [-0.2, -0.15) is 0 Å². The molecular formula is C35H52N4. The molecule has 0 spiro atoms. The Kier molecular flexibility index (Phi) is 9.04. The molecule has 6 rings (SSSR count). The molecule has 0 aromatic heterocycles. The van der Waals surface area contributed by atoms with Crippen LogP contribution in [0.2, 0.25) is 0 Å². The normalized spacial score (nSPS) is 28.2. The van der Waals surface area contributed by atoms with E-state index in [4.69, 9.17) is 5.73 Å². The van der Waals surface area contributed by atoms with E-state index in [9.17, 15) is 0 Å². The van der Waals surface area contributed by atoms with Crippen LogP contribution in [0.5, 0.6) is 0 Å². The zero-order valence-electron chi connectivity index (χ0n) is 24.4. The Bertz CT molecular complexity index is 1040. The fourth-order valence-corrected chi connectivity index (χ4v) is 8.06. The van der Waals surface area contributed by atoms with Crippen LogP contribution in [-0.4, -0.2) is 48.6 Å². The number of piperidine rings is 3. The molecule has 3 saturated heterocycles. The Morgan fingerprint density at radius 2 is 1.62 bits per heavy atom.